The molecule has 0 radical (unpaired) electrons. The topological polar surface area (TPSA) is 87.9 Å². The fourth-order valence-electron chi connectivity index (χ4n) is 5.54. The van der Waals surface area contributed by atoms with Gasteiger partial charge in [0, 0.05) is 35.5 Å². The number of nitriles is 1. The second kappa shape index (κ2) is 7.88. The first-order valence-corrected chi connectivity index (χ1v) is 11.1. The van der Waals surface area contributed by atoms with Crippen LogP contribution in [0.2, 0.25) is 0 Å². The second-order valence-corrected chi connectivity index (χ2v) is 9.05. The highest BCUT2D eigenvalue weighted by Gasteiger charge is 2.50. The number of fused-ring (bicyclic) bond motifs is 3. The number of Topliss-reactive ketones (excluding diaryl/α,β-unsaturated/α-hetero) is 1. The van der Waals surface area contributed by atoms with E-state index in [1.165, 1.54) is 6.07 Å². The van der Waals surface area contributed by atoms with Crippen LogP contribution in [0.25, 0.3) is 11.3 Å². The number of carbonyl (C=O) groups excluding carboxylic acids is 1. The third-order valence-electron chi connectivity index (χ3n) is 7.20. The van der Waals surface area contributed by atoms with E-state index in [-0.39, 0.29) is 35.1 Å². The van der Waals surface area contributed by atoms with Gasteiger partial charge in [0.25, 0.3) is 0 Å². The second-order valence-electron chi connectivity index (χ2n) is 9.05. The van der Waals surface area contributed by atoms with Crippen LogP contribution in [0.1, 0.15) is 43.5 Å². The average Bonchev–Trinajstić information content (AvgIpc) is 2.82. The minimum absolute atomic E-state index is 0.0150. The van der Waals surface area contributed by atoms with Gasteiger partial charge in [0.05, 0.1) is 23.6 Å². The molecule has 4 atom stereocenters. The van der Waals surface area contributed by atoms with Crippen LogP contribution >= 0.6 is 0 Å². The Hall–Kier alpha value is -2.95. The van der Waals surface area contributed by atoms with E-state index in [0.29, 0.717) is 36.7 Å². The Morgan fingerprint density at radius 2 is 2.12 bits per heavy atom. The molecule has 1 aromatic heterocycles. The molecule has 5 rings (SSSR count). The minimum Gasteiger partial charge on any atom is -0.368 e. The van der Waals surface area contributed by atoms with Gasteiger partial charge >= 0.3 is 0 Å². The summed E-state index contributed by atoms with van der Waals surface area (Å²) in [5.41, 5.74) is 2.23. The van der Waals surface area contributed by atoms with Gasteiger partial charge < -0.3 is 10.1 Å². The molecule has 2 aromatic rings. The van der Waals surface area contributed by atoms with E-state index < -0.39 is 5.41 Å². The number of hydrogen-bond donors (Lipinski definition) is 1. The number of carbonyl (C=O) groups is 1. The van der Waals surface area contributed by atoms with Crippen LogP contribution in [0.4, 0.5) is 4.39 Å². The fourth-order valence-corrected chi connectivity index (χ4v) is 5.54. The summed E-state index contributed by atoms with van der Waals surface area (Å²) in [6, 6.07) is 8.71. The Kier molecular flexibility index (Phi) is 5.15. The molecule has 0 amide bonds. The van der Waals surface area contributed by atoms with Crippen molar-refractivity contribution in [2.45, 2.75) is 38.2 Å². The number of halogens is 1. The van der Waals surface area contributed by atoms with Gasteiger partial charge in [-0.05, 0) is 30.9 Å². The van der Waals surface area contributed by atoms with Crippen molar-refractivity contribution in [2.75, 3.05) is 19.7 Å². The van der Waals surface area contributed by atoms with Crippen LogP contribution in [-0.4, -0.2) is 35.4 Å². The Balaban J connectivity index is 1.77. The van der Waals surface area contributed by atoms with Crippen molar-refractivity contribution in [1.82, 2.24) is 15.3 Å². The molecule has 1 N–H and O–H groups in total. The van der Waals surface area contributed by atoms with E-state index in [1.807, 2.05) is 13.8 Å². The van der Waals surface area contributed by atoms with Gasteiger partial charge in [-0.1, -0.05) is 32.1 Å². The smallest absolute Gasteiger partial charge is 0.176 e. The average molecular weight is 432 g/mol. The lowest BCUT2D eigenvalue weighted by atomic mass is 9.57. The first-order valence-electron chi connectivity index (χ1n) is 11.1. The van der Waals surface area contributed by atoms with Crippen molar-refractivity contribution >= 4 is 5.78 Å². The number of nitrogens with zero attached hydrogens (tertiary/aromatic N) is 3. The van der Waals surface area contributed by atoms with E-state index in [0.717, 1.165) is 24.2 Å². The van der Waals surface area contributed by atoms with Gasteiger partial charge in [-0.2, -0.15) is 5.26 Å². The maximum atomic E-state index is 14.9. The molecule has 2 heterocycles. The predicted molar refractivity (Wildman–Crippen MR) is 116 cm³/mol. The van der Waals surface area contributed by atoms with Crippen LogP contribution in [0.3, 0.4) is 0 Å². The van der Waals surface area contributed by atoms with Gasteiger partial charge in [0.1, 0.15) is 18.0 Å². The van der Waals surface area contributed by atoms with Crippen LogP contribution in [-0.2, 0) is 21.4 Å². The van der Waals surface area contributed by atoms with Crippen LogP contribution in [0.5, 0.6) is 0 Å². The number of nitrogens with one attached hydrogen (secondary N) is 1. The zero-order chi connectivity index (χ0) is 22.5. The molecule has 1 fully saturated rings. The molecule has 0 spiro atoms. The highest BCUT2D eigenvalue weighted by atomic mass is 19.1. The van der Waals surface area contributed by atoms with Crippen molar-refractivity contribution in [3.05, 3.63) is 58.8 Å². The molecule has 1 aromatic carbocycles. The van der Waals surface area contributed by atoms with Gasteiger partial charge in [-0.3, -0.25) is 4.79 Å². The Morgan fingerprint density at radius 1 is 1.31 bits per heavy atom. The van der Waals surface area contributed by atoms with Crippen LogP contribution in [0.15, 0.2) is 35.9 Å². The molecule has 0 bridgehead atoms. The molecule has 0 saturated carbocycles. The standard InChI is InChI=1S/C25H25FN4O2/c1-14-18-8-7-17-21(16-5-3-4-6-19(16)26)29-24(20-13-28-9-10-32-20)30-23(17)25(18,2)11-15(12-27)22(14)31/h3-6,11,14,18,20,28H,7-10,13H2,1-2H3/t14?,18?,20?,25-/m1/s1. The molecule has 1 aliphatic heterocycles. The maximum Gasteiger partial charge on any atom is 0.176 e. The Morgan fingerprint density at radius 3 is 2.84 bits per heavy atom. The van der Waals surface area contributed by atoms with E-state index in [1.54, 1.807) is 24.3 Å². The first-order chi connectivity index (χ1) is 15.4. The summed E-state index contributed by atoms with van der Waals surface area (Å²) in [4.78, 5) is 22.5. The van der Waals surface area contributed by atoms with Crippen LogP contribution < -0.4 is 5.32 Å². The summed E-state index contributed by atoms with van der Waals surface area (Å²) in [7, 11) is 0. The molecule has 2 aliphatic carbocycles. The Labute approximate surface area is 186 Å². The molecular weight excluding hydrogens is 407 g/mol. The van der Waals surface area contributed by atoms with Crippen molar-refractivity contribution in [2.24, 2.45) is 11.8 Å². The van der Waals surface area contributed by atoms with Crippen LogP contribution in [0, 0.1) is 29.0 Å². The van der Waals surface area contributed by atoms with E-state index in [4.69, 9.17) is 14.7 Å². The largest absolute Gasteiger partial charge is 0.368 e. The number of ketones is 1. The van der Waals surface area contributed by atoms with Crippen molar-refractivity contribution in [1.29, 1.82) is 5.26 Å². The van der Waals surface area contributed by atoms with Gasteiger partial charge in [-0.25, -0.2) is 14.4 Å². The molecule has 6 nitrogen and oxygen atoms in total. The zero-order valence-electron chi connectivity index (χ0n) is 18.2. The fraction of sp³-hybridized carbons (Fsp3) is 0.440. The number of morpholine rings is 1. The third-order valence-corrected chi connectivity index (χ3v) is 7.20. The molecule has 3 aliphatic rings. The molecular formula is C25H25FN4O2. The Bertz CT molecular complexity index is 1170. The molecule has 7 heteroatoms. The minimum atomic E-state index is -0.619. The molecule has 164 valence electrons. The first kappa shape index (κ1) is 20.9. The SMILES string of the molecule is CC1C(=O)C(C#N)=C[C@@]2(C)c3nc(C4CNCCO4)nc(-c4ccccc4F)c3CCC12. The number of benzene rings is 1. The monoisotopic (exact) mass is 432 g/mol. The normalized spacial score (nSPS) is 29.5. The molecule has 32 heavy (non-hydrogen) atoms. The molecule has 1 saturated heterocycles. The van der Waals surface area contributed by atoms with E-state index in [2.05, 4.69) is 11.4 Å². The number of hydrogen-bond acceptors (Lipinski definition) is 6. The number of allylic oxidation sites excluding steroid dienone is 2. The van der Waals surface area contributed by atoms with Gasteiger partial charge in [0.2, 0.25) is 0 Å². The van der Waals surface area contributed by atoms with Gasteiger partial charge in [-0.15, -0.1) is 0 Å². The van der Waals surface area contributed by atoms with E-state index in [9.17, 15) is 14.4 Å². The van der Waals surface area contributed by atoms with Gasteiger partial charge in [0.15, 0.2) is 11.6 Å². The summed E-state index contributed by atoms with van der Waals surface area (Å²) >= 11 is 0. The zero-order valence-corrected chi connectivity index (χ0v) is 18.2. The summed E-state index contributed by atoms with van der Waals surface area (Å²) in [5.74, 6) is -0.207. The molecule has 3 unspecified atom stereocenters. The number of rotatable bonds is 2. The lowest BCUT2D eigenvalue weighted by Crippen LogP contribution is -2.46. The predicted octanol–water partition coefficient (Wildman–Crippen LogP) is 3.43. The van der Waals surface area contributed by atoms with Crippen molar-refractivity contribution in [3.63, 3.8) is 0 Å². The summed E-state index contributed by atoms with van der Waals surface area (Å²) in [6.45, 7) is 5.82. The number of aromatic nitrogens is 2. The number of ether oxygens (including phenoxy) is 1. The summed E-state index contributed by atoms with van der Waals surface area (Å²) in [6.07, 6.45) is 2.83. The van der Waals surface area contributed by atoms with Crippen molar-refractivity contribution < 1.29 is 13.9 Å². The summed E-state index contributed by atoms with van der Waals surface area (Å²) < 4.78 is 20.8. The highest BCUT2D eigenvalue weighted by molar-refractivity contribution is 6.02. The van der Waals surface area contributed by atoms with E-state index >= 15 is 0 Å². The third kappa shape index (κ3) is 3.17. The van der Waals surface area contributed by atoms with Crippen molar-refractivity contribution in [3.8, 4) is 17.3 Å². The lowest BCUT2D eigenvalue weighted by molar-refractivity contribution is -0.121. The summed E-state index contributed by atoms with van der Waals surface area (Å²) in [5, 5.41) is 12.9. The lowest BCUT2D eigenvalue weighted by Gasteiger charge is -2.46. The maximum absolute atomic E-state index is 14.9. The quantitative estimate of drug-likeness (QED) is 0.782. The highest BCUT2D eigenvalue weighted by Crippen LogP contribution is 2.50.